The van der Waals surface area contributed by atoms with Crippen molar-refractivity contribution in [3.8, 4) is 0 Å². The molecular weight excluding hydrogens is 238 g/mol. The minimum absolute atomic E-state index is 0.254. The molecule has 102 valence electrons. The van der Waals surface area contributed by atoms with Gasteiger partial charge < -0.3 is 10.1 Å². The van der Waals surface area contributed by atoms with Gasteiger partial charge in [0.05, 0.1) is 6.10 Å². The van der Waals surface area contributed by atoms with Crippen LogP contribution in [0.15, 0.2) is 18.2 Å². The van der Waals surface area contributed by atoms with Gasteiger partial charge in [-0.3, -0.25) is 4.79 Å². The zero-order chi connectivity index (χ0) is 13.1. The first kappa shape index (κ1) is 12.7. The molecule has 3 heteroatoms. The van der Waals surface area contributed by atoms with E-state index in [9.17, 15) is 4.79 Å². The second-order valence-corrected chi connectivity index (χ2v) is 5.50. The monoisotopic (exact) mass is 259 g/mol. The number of hydrogen-bond donors (Lipinski definition) is 1. The number of benzene rings is 1. The first-order valence-corrected chi connectivity index (χ1v) is 7.34. The van der Waals surface area contributed by atoms with E-state index >= 15 is 0 Å². The predicted molar refractivity (Wildman–Crippen MR) is 75.8 cm³/mol. The Labute approximate surface area is 114 Å². The maximum absolute atomic E-state index is 12.2. The lowest BCUT2D eigenvalue weighted by Gasteiger charge is -2.18. The maximum atomic E-state index is 12.2. The van der Waals surface area contributed by atoms with Crippen LogP contribution in [0.5, 0.6) is 0 Å². The van der Waals surface area contributed by atoms with E-state index in [4.69, 9.17) is 4.74 Å². The molecule has 0 saturated carbocycles. The average molecular weight is 259 g/mol. The summed E-state index contributed by atoms with van der Waals surface area (Å²) in [5, 5.41) is 3.37. The summed E-state index contributed by atoms with van der Waals surface area (Å²) in [4.78, 5) is 12.2. The van der Waals surface area contributed by atoms with E-state index in [-0.39, 0.29) is 5.78 Å². The van der Waals surface area contributed by atoms with Gasteiger partial charge in [-0.25, -0.2) is 0 Å². The number of anilines is 1. The van der Waals surface area contributed by atoms with Gasteiger partial charge in [0.25, 0.3) is 0 Å². The van der Waals surface area contributed by atoms with E-state index in [2.05, 4.69) is 11.4 Å². The largest absolute Gasteiger partial charge is 0.385 e. The van der Waals surface area contributed by atoms with Crippen LogP contribution in [0, 0.1) is 0 Å². The van der Waals surface area contributed by atoms with Crippen LogP contribution in [0.25, 0.3) is 0 Å². The van der Waals surface area contributed by atoms with Crippen LogP contribution in [-0.2, 0) is 11.2 Å². The number of hydrogen-bond acceptors (Lipinski definition) is 3. The van der Waals surface area contributed by atoms with Crippen LogP contribution >= 0.6 is 0 Å². The van der Waals surface area contributed by atoms with Crippen molar-refractivity contribution in [1.82, 2.24) is 0 Å². The highest BCUT2D eigenvalue weighted by molar-refractivity contribution is 5.96. The van der Waals surface area contributed by atoms with Crippen molar-refractivity contribution in [3.05, 3.63) is 29.3 Å². The second-order valence-electron chi connectivity index (χ2n) is 5.50. The molecule has 3 rings (SSSR count). The molecule has 2 aliphatic rings. The summed E-state index contributed by atoms with van der Waals surface area (Å²) >= 11 is 0. The number of ether oxygens (including phenoxy) is 1. The van der Waals surface area contributed by atoms with Gasteiger partial charge >= 0.3 is 0 Å². The number of nitrogens with one attached hydrogen (secondary N) is 1. The Kier molecular flexibility index (Phi) is 3.83. The molecule has 1 fully saturated rings. The highest BCUT2D eigenvalue weighted by Gasteiger charge is 2.18. The molecule has 1 unspecified atom stereocenters. The van der Waals surface area contributed by atoms with Gasteiger partial charge in [-0.2, -0.15) is 0 Å². The van der Waals surface area contributed by atoms with Gasteiger partial charge in [-0.1, -0.05) is 0 Å². The molecule has 0 aliphatic carbocycles. The number of carbonyl (C=O) groups excluding carboxylic acids is 1. The van der Waals surface area contributed by atoms with Gasteiger partial charge in [-0.15, -0.1) is 0 Å². The van der Waals surface area contributed by atoms with Crippen molar-refractivity contribution < 1.29 is 9.53 Å². The fourth-order valence-electron chi connectivity index (χ4n) is 2.96. The van der Waals surface area contributed by atoms with Crippen molar-refractivity contribution in [2.24, 2.45) is 0 Å². The molecule has 19 heavy (non-hydrogen) atoms. The van der Waals surface area contributed by atoms with Gasteiger partial charge in [0.15, 0.2) is 5.78 Å². The number of fused-ring (bicyclic) bond motifs is 1. The molecule has 1 saturated heterocycles. The third kappa shape index (κ3) is 2.98. The normalized spacial score (nSPS) is 21.8. The molecule has 0 bridgehead atoms. The number of carbonyl (C=O) groups is 1. The summed E-state index contributed by atoms with van der Waals surface area (Å²) in [5.74, 6) is 0.254. The molecule has 0 amide bonds. The lowest BCUT2D eigenvalue weighted by atomic mass is 9.97. The number of rotatable bonds is 4. The lowest BCUT2D eigenvalue weighted by Crippen LogP contribution is -2.13. The first-order chi connectivity index (χ1) is 9.33. The van der Waals surface area contributed by atoms with Crippen LogP contribution in [-0.4, -0.2) is 25.0 Å². The smallest absolute Gasteiger partial charge is 0.162 e. The average Bonchev–Trinajstić information content (AvgIpc) is 2.97. The molecule has 1 N–H and O–H groups in total. The summed E-state index contributed by atoms with van der Waals surface area (Å²) < 4.78 is 5.57. The van der Waals surface area contributed by atoms with Crippen LogP contribution in [0.4, 0.5) is 5.69 Å². The van der Waals surface area contributed by atoms with Gasteiger partial charge in [0.2, 0.25) is 0 Å². The summed E-state index contributed by atoms with van der Waals surface area (Å²) in [6.07, 6.45) is 6.27. The Morgan fingerprint density at radius 3 is 3.16 bits per heavy atom. The minimum Gasteiger partial charge on any atom is -0.385 e. The third-order valence-corrected chi connectivity index (χ3v) is 4.08. The molecular formula is C16H21NO2. The Hall–Kier alpha value is -1.35. The Bertz CT molecular complexity index is 464. The van der Waals surface area contributed by atoms with E-state index in [1.807, 2.05) is 12.1 Å². The lowest BCUT2D eigenvalue weighted by molar-refractivity contribution is 0.0859. The zero-order valence-corrected chi connectivity index (χ0v) is 11.3. The number of Topliss-reactive ketones (excluding diaryl/α,β-unsaturated/α-hetero) is 1. The number of aryl methyl sites for hydroxylation is 1. The van der Waals surface area contributed by atoms with E-state index in [1.165, 1.54) is 11.3 Å². The Morgan fingerprint density at radius 1 is 1.37 bits per heavy atom. The van der Waals surface area contributed by atoms with Crippen LogP contribution in [0.2, 0.25) is 0 Å². The summed E-state index contributed by atoms with van der Waals surface area (Å²) in [7, 11) is 0. The third-order valence-electron chi connectivity index (χ3n) is 4.08. The fourth-order valence-corrected chi connectivity index (χ4v) is 2.96. The van der Waals surface area contributed by atoms with Crippen molar-refractivity contribution in [2.45, 2.75) is 44.6 Å². The molecule has 0 aromatic heterocycles. The summed E-state index contributed by atoms with van der Waals surface area (Å²) in [6, 6.07) is 6.07. The zero-order valence-electron chi connectivity index (χ0n) is 11.3. The van der Waals surface area contributed by atoms with Crippen molar-refractivity contribution in [2.75, 3.05) is 18.5 Å². The van der Waals surface area contributed by atoms with E-state index < -0.39 is 0 Å². The molecule has 0 spiro atoms. The maximum Gasteiger partial charge on any atom is 0.162 e. The molecule has 2 aliphatic heterocycles. The second kappa shape index (κ2) is 5.74. The summed E-state index contributed by atoms with van der Waals surface area (Å²) in [6.45, 7) is 1.91. The van der Waals surface area contributed by atoms with Crippen LogP contribution in [0.1, 0.15) is 48.0 Å². The predicted octanol–water partition coefficient (Wildman–Crippen LogP) is 3.19. The van der Waals surface area contributed by atoms with Crippen molar-refractivity contribution in [3.63, 3.8) is 0 Å². The van der Waals surface area contributed by atoms with Crippen molar-refractivity contribution >= 4 is 11.5 Å². The minimum atomic E-state index is 0.254. The molecule has 1 atom stereocenters. The molecule has 2 heterocycles. The SMILES string of the molecule is O=C(CCC1CCCO1)c1ccc2c(c1)CCCN2. The number of ketones is 1. The molecule has 0 radical (unpaired) electrons. The first-order valence-electron chi connectivity index (χ1n) is 7.34. The van der Waals surface area contributed by atoms with Crippen LogP contribution < -0.4 is 5.32 Å². The molecule has 3 nitrogen and oxygen atoms in total. The standard InChI is InChI=1S/C16H21NO2/c18-16(8-6-14-4-2-10-19-14)13-5-7-15-12(11-13)3-1-9-17-15/h5,7,11,14,17H,1-4,6,8-10H2. The highest BCUT2D eigenvalue weighted by Crippen LogP contribution is 2.24. The van der Waals surface area contributed by atoms with E-state index in [1.54, 1.807) is 0 Å². The molecule has 1 aromatic rings. The fraction of sp³-hybridized carbons (Fsp3) is 0.562. The quantitative estimate of drug-likeness (QED) is 0.844. The van der Waals surface area contributed by atoms with E-state index in [0.29, 0.717) is 12.5 Å². The topological polar surface area (TPSA) is 38.3 Å². The Balaban J connectivity index is 1.62. The Morgan fingerprint density at radius 2 is 2.32 bits per heavy atom. The van der Waals surface area contributed by atoms with Gasteiger partial charge in [-0.05, 0) is 55.9 Å². The molecule has 1 aromatic carbocycles. The van der Waals surface area contributed by atoms with Gasteiger partial charge in [0.1, 0.15) is 0 Å². The van der Waals surface area contributed by atoms with Gasteiger partial charge in [0, 0.05) is 30.8 Å². The summed E-state index contributed by atoms with van der Waals surface area (Å²) in [5.41, 5.74) is 3.34. The van der Waals surface area contributed by atoms with Crippen LogP contribution in [0.3, 0.4) is 0 Å². The van der Waals surface area contributed by atoms with E-state index in [0.717, 1.165) is 50.8 Å². The van der Waals surface area contributed by atoms with Crippen molar-refractivity contribution in [1.29, 1.82) is 0 Å². The highest BCUT2D eigenvalue weighted by atomic mass is 16.5.